The van der Waals surface area contributed by atoms with E-state index in [0.29, 0.717) is 18.0 Å². The quantitative estimate of drug-likeness (QED) is 0.858. The van der Waals surface area contributed by atoms with E-state index in [4.69, 9.17) is 9.47 Å². The number of ether oxygens (including phenoxy) is 2. The van der Waals surface area contributed by atoms with Crippen LogP contribution in [0.2, 0.25) is 0 Å². The maximum absolute atomic E-state index is 12.7. The molecule has 1 aliphatic carbocycles. The van der Waals surface area contributed by atoms with Crippen LogP contribution in [0.1, 0.15) is 52.4 Å². The Balaban J connectivity index is 1.39. The van der Waals surface area contributed by atoms with Crippen molar-refractivity contribution in [1.82, 2.24) is 4.90 Å². The summed E-state index contributed by atoms with van der Waals surface area (Å²) in [6, 6.07) is 5.52. The SMILES string of the molecule is CCC1(CC)Oc2ccc(NC(=O)[C@@H]3CCCN(C(=O)C4CC4)C3)cc2O1. The molecule has 0 radical (unpaired) electrons. The second kappa shape index (κ2) is 7.06. The van der Waals surface area contributed by atoms with Gasteiger partial charge in [0.2, 0.25) is 11.8 Å². The second-order valence-electron chi connectivity index (χ2n) is 7.87. The molecule has 6 nitrogen and oxygen atoms in total. The average molecular weight is 372 g/mol. The number of carbonyl (C=O) groups is 2. The third-order valence-corrected chi connectivity index (χ3v) is 5.91. The first-order valence-corrected chi connectivity index (χ1v) is 10.2. The van der Waals surface area contributed by atoms with Gasteiger partial charge in [-0.25, -0.2) is 0 Å². The molecular formula is C21H28N2O4. The van der Waals surface area contributed by atoms with Crippen LogP contribution in [0.15, 0.2) is 18.2 Å². The Morgan fingerprint density at radius 3 is 2.56 bits per heavy atom. The molecule has 1 saturated heterocycles. The summed E-state index contributed by atoms with van der Waals surface area (Å²) in [5.74, 6) is 1.04. The summed E-state index contributed by atoms with van der Waals surface area (Å²) in [5, 5.41) is 3.00. The first-order valence-electron chi connectivity index (χ1n) is 10.2. The van der Waals surface area contributed by atoms with Crippen LogP contribution >= 0.6 is 0 Å². The molecule has 6 heteroatoms. The van der Waals surface area contributed by atoms with Gasteiger partial charge in [0.1, 0.15) is 0 Å². The van der Waals surface area contributed by atoms with E-state index in [9.17, 15) is 9.59 Å². The molecule has 27 heavy (non-hydrogen) atoms. The Labute approximate surface area is 160 Å². The van der Waals surface area contributed by atoms with Crippen LogP contribution in [-0.4, -0.2) is 35.6 Å². The van der Waals surface area contributed by atoms with Gasteiger partial charge in [0.25, 0.3) is 5.79 Å². The molecule has 1 atom stereocenters. The van der Waals surface area contributed by atoms with Crippen LogP contribution in [0.25, 0.3) is 0 Å². The monoisotopic (exact) mass is 372 g/mol. The summed E-state index contributed by atoms with van der Waals surface area (Å²) in [7, 11) is 0. The van der Waals surface area contributed by atoms with Gasteiger partial charge in [-0.3, -0.25) is 9.59 Å². The van der Waals surface area contributed by atoms with Crippen molar-refractivity contribution in [2.75, 3.05) is 18.4 Å². The van der Waals surface area contributed by atoms with Crippen LogP contribution in [0.5, 0.6) is 11.5 Å². The molecule has 2 aliphatic heterocycles. The van der Waals surface area contributed by atoms with Crippen LogP contribution < -0.4 is 14.8 Å². The second-order valence-corrected chi connectivity index (χ2v) is 7.87. The van der Waals surface area contributed by atoms with E-state index in [2.05, 4.69) is 5.32 Å². The molecule has 0 spiro atoms. The van der Waals surface area contributed by atoms with Crippen molar-refractivity contribution >= 4 is 17.5 Å². The van der Waals surface area contributed by atoms with Crippen LogP contribution in [-0.2, 0) is 9.59 Å². The van der Waals surface area contributed by atoms with E-state index >= 15 is 0 Å². The van der Waals surface area contributed by atoms with Gasteiger partial charge in [-0.1, -0.05) is 13.8 Å². The Bertz CT molecular complexity index is 740. The minimum Gasteiger partial charge on any atom is -0.448 e. The van der Waals surface area contributed by atoms with E-state index in [0.717, 1.165) is 50.8 Å². The number of likely N-dealkylation sites (tertiary alicyclic amines) is 1. The molecule has 2 heterocycles. The standard InChI is InChI=1S/C21H28N2O4/c1-3-21(4-2)26-17-10-9-16(12-18(17)27-21)22-19(24)15-6-5-11-23(13-15)20(25)14-7-8-14/h9-10,12,14-15H,3-8,11,13H2,1-2H3,(H,22,24)/t15-/m1/s1. The van der Waals surface area contributed by atoms with Gasteiger partial charge in [-0.15, -0.1) is 0 Å². The molecule has 0 unspecified atom stereocenters. The lowest BCUT2D eigenvalue weighted by atomic mass is 9.96. The Hall–Kier alpha value is -2.24. The summed E-state index contributed by atoms with van der Waals surface area (Å²) in [4.78, 5) is 26.9. The fourth-order valence-corrected chi connectivity index (χ4v) is 3.93. The van der Waals surface area contributed by atoms with Crippen LogP contribution in [0, 0.1) is 11.8 Å². The van der Waals surface area contributed by atoms with E-state index in [1.54, 1.807) is 0 Å². The summed E-state index contributed by atoms with van der Waals surface area (Å²) >= 11 is 0. The third-order valence-electron chi connectivity index (χ3n) is 5.91. The molecule has 1 aromatic rings. The predicted octanol–water partition coefficient (Wildman–Crippen LogP) is 3.56. The van der Waals surface area contributed by atoms with Crippen molar-refractivity contribution in [2.45, 2.75) is 58.2 Å². The number of nitrogens with zero attached hydrogens (tertiary/aromatic N) is 1. The number of hydrogen-bond donors (Lipinski definition) is 1. The molecule has 2 fully saturated rings. The first-order chi connectivity index (χ1) is 13.0. The Morgan fingerprint density at radius 1 is 1.11 bits per heavy atom. The zero-order valence-electron chi connectivity index (χ0n) is 16.1. The zero-order chi connectivity index (χ0) is 19.0. The molecular weight excluding hydrogens is 344 g/mol. The molecule has 1 aromatic carbocycles. The maximum atomic E-state index is 12.7. The molecule has 146 valence electrons. The largest absolute Gasteiger partial charge is 0.448 e. The Morgan fingerprint density at radius 2 is 1.85 bits per heavy atom. The number of nitrogens with one attached hydrogen (secondary N) is 1. The smallest absolute Gasteiger partial charge is 0.251 e. The highest BCUT2D eigenvalue weighted by atomic mass is 16.7. The summed E-state index contributed by atoms with van der Waals surface area (Å²) in [5.41, 5.74) is 0.705. The number of hydrogen-bond acceptors (Lipinski definition) is 4. The van der Waals surface area contributed by atoms with Crippen molar-refractivity contribution in [3.63, 3.8) is 0 Å². The summed E-state index contributed by atoms with van der Waals surface area (Å²) in [6.07, 6.45) is 5.22. The van der Waals surface area contributed by atoms with Gasteiger partial charge in [-0.05, 0) is 37.8 Å². The molecule has 0 bridgehead atoms. The maximum Gasteiger partial charge on any atom is 0.251 e. The molecule has 3 aliphatic rings. The van der Waals surface area contributed by atoms with Crippen LogP contribution in [0.3, 0.4) is 0 Å². The molecule has 1 saturated carbocycles. The lowest BCUT2D eigenvalue weighted by Crippen LogP contribution is -2.44. The average Bonchev–Trinajstić information content (AvgIpc) is 3.48. The zero-order valence-corrected chi connectivity index (χ0v) is 16.1. The fourth-order valence-electron chi connectivity index (χ4n) is 3.93. The van der Waals surface area contributed by atoms with Crippen molar-refractivity contribution in [3.05, 3.63) is 18.2 Å². The molecule has 0 aromatic heterocycles. The fraction of sp³-hybridized carbons (Fsp3) is 0.619. The lowest BCUT2D eigenvalue weighted by Gasteiger charge is -2.32. The number of rotatable bonds is 5. The van der Waals surface area contributed by atoms with E-state index in [1.165, 1.54) is 0 Å². The van der Waals surface area contributed by atoms with Crippen molar-refractivity contribution < 1.29 is 19.1 Å². The third kappa shape index (κ3) is 3.62. The van der Waals surface area contributed by atoms with Gasteiger partial charge >= 0.3 is 0 Å². The topological polar surface area (TPSA) is 67.9 Å². The number of anilines is 1. The van der Waals surface area contributed by atoms with Gasteiger partial charge in [0.15, 0.2) is 11.5 Å². The number of piperidine rings is 1. The minimum atomic E-state index is -0.599. The number of carbonyl (C=O) groups excluding carboxylic acids is 2. The van der Waals surface area contributed by atoms with Crippen molar-refractivity contribution in [2.24, 2.45) is 11.8 Å². The van der Waals surface area contributed by atoms with E-state index < -0.39 is 5.79 Å². The van der Waals surface area contributed by atoms with Crippen molar-refractivity contribution in [1.29, 1.82) is 0 Å². The number of amides is 2. The van der Waals surface area contributed by atoms with E-state index in [1.807, 2.05) is 36.9 Å². The molecule has 2 amide bonds. The summed E-state index contributed by atoms with van der Waals surface area (Å²) < 4.78 is 12.0. The van der Waals surface area contributed by atoms with Crippen molar-refractivity contribution in [3.8, 4) is 11.5 Å². The van der Waals surface area contributed by atoms with E-state index in [-0.39, 0.29) is 23.7 Å². The minimum absolute atomic E-state index is 0.0283. The lowest BCUT2D eigenvalue weighted by molar-refractivity contribution is -0.135. The molecule has 4 rings (SSSR count). The highest BCUT2D eigenvalue weighted by Gasteiger charge is 2.39. The van der Waals surface area contributed by atoms with Gasteiger partial charge in [0.05, 0.1) is 5.92 Å². The summed E-state index contributed by atoms with van der Waals surface area (Å²) in [6.45, 7) is 5.38. The highest BCUT2D eigenvalue weighted by molar-refractivity contribution is 5.93. The van der Waals surface area contributed by atoms with Crippen LogP contribution in [0.4, 0.5) is 5.69 Å². The highest BCUT2D eigenvalue weighted by Crippen LogP contribution is 2.43. The number of benzene rings is 1. The van der Waals surface area contributed by atoms with Gasteiger partial charge in [-0.2, -0.15) is 0 Å². The Kier molecular flexibility index (Phi) is 4.74. The predicted molar refractivity (Wildman–Crippen MR) is 102 cm³/mol. The first kappa shape index (κ1) is 18.1. The van der Waals surface area contributed by atoms with Gasteiger partial charge in [0, 0.05) is 43.6 Å². The normalized spacial score (nSPS) is 23.2. The molecule has 1 N–H and O–H groups in total. The van der Waals surface area contributed by atoms with Gasteiger partial charge < -0.3 is 19.7 Å². The number of fused-ring (bicyclic) bond motifs is 1.